The number of alkyl halides is 2. The largest absolute Gasteiger partial charge is 0.325 e. The third kappa shape index (κ3) is 1.98. The SMILES string of the molecule is NCC(F)(F)c1cc(F)ccc1F. The summed E-state index contributed by atoms with van der Waals surface area (Å²) in [4.78, 5) is 0. The highest BCUT2D eigenvalue weighted by Crippen LogP contribution is 2.29. The van der Waals surface area contributed by atoms with Crippen molar-refractivity contribution in [3.63, 3.8) is 0 Å². The topological polar surface area (TPSA) is 26.0 Å². The molecule has 72 valence electrons. The molecule has 2 N–H and O–H groups in total. The van der Waals surface area contributed by atoms with Crippen LogP contribution in [0, 0.1) is 11.6 Å². The molecular formula is C8H7F4N. The Kier molecular flexibility index (Phi) is 2.56. The predicted molar refractivity (Wildman–Crippen MR) is 39.3 cm³/mol. The van der Waals surface area contributed by atoms with Crippen LogP contribution < -0.4 is 5.73 Å². The molecule has 0 fully saturated rings. The Morgan fingerprint density at radius 2 is 1.85 bits per heavy atom. The zero-order chi connectivity index (χ0) is 10.1. The Bertz CT molecular complexity index is 311. The van der Waals surface area contributed by atoms with E-state index in [0.717, 1.165) is 6.07 Å². The number of hydrogen-bond donors (Lipinski definition) is 1. The van der Waals surface area contributed by atoms with Crippen molar-refractivity contribution >= 4 is 0 Å². The van der Waals surface area contributed by atoms with Crippen molar-refractivity contribution in [3.05, 3.63) is 35.4 Å². The molecule has 1 nitrogen and oxygen atoms in total. The summed E-state index contributed by atoms with van der Waals surface area (Å²) >= 11 is 0. The van der Waals surface area contributed by atoms with Crippen LogP contribution in [0.3, 0.4) is 0 Å². The zero-order valence-corrected chi connectivity index (χ0v) is 6.53. The molecule has 0 amide bonds. The lowest BCUT2D eigenvalue weighted by Crippen LogP contribution is -2.26. The summed E-state index contributed by atoms with van der Waals surface area (Å²) in [7, 11) is 0. The van der Waals surface area contributed by atoms with Crippen molar-refractivity contribution < 1.29 is 17.6 Å². The molecule has 0 bridgehead atoms. The summed E-state index contributed by atoms with van der Waals surface area (Å²) < 4.78 is 50.8. The van der Waals surface area contributed by atoms with E-state index in [2.05, 4.69) is 0 Å². The summed E-state index contributed by atoms with van der Waals surface area (Å²) in [6, 6.07) is 1.86. The van der Waals surface area contributed by atoms with Crippen molar-refractivity contribution in [1.82, 2.24) is 0 Å². The van der Waals surface area contributed by atoms with Gasteiger partial charge in [-0.2, -0.15) is 8.78 Å². The number of halogens is 4. The molecule has 1 aromatic carbocycles. The molecule has 1 rings (SSSR count). The molecule has 0 aliphatic heterocycles. The summed E-state index contributed by atoms with van der Waals surface area (Å²) in [6.45, 7) is -1.05. The van der Waals surface area contributed by atoms with Gasteiger partial charge in [0.2, 0.25) is 0 Å². The Labute approximate surface area is 72.2 Å². The Balaban J connectivity index is 3.20. The van der Waals surface area contributed by atoms with Crippen molar-refractivity contribution in [2.45, 2.75) is 5.92 Å². The van der Waals surface area contributed by atoms with E-state index in [0.29, 0.717) is 12.1 Å². The number of benzene rings is 1. The molecule has 0 aromatic heterocycles. The van der Waals surface area contributed by atoms with Crippen molar-refractivity contribution in [2.24, 2.45) is 5.73 Å². The Morgan fingerprint density at radius 3 is 2.38 bits per heavy atom. The van der Waals surface area contributed by atoms with E-state index in [4.69, 9.17) is 5.73 Å². The fourth-order valence-corrected chi connectivity index (χ4v) is 0.888. The van der Waals surface area contributed by atoms with Gasteiger partial charge in [-0.25, -0.2) is 8.78 Å². The first-order chi connectivity index (χ1) is 5.97. The Hall–Kier alpha value is -1.10. The van der Waals surface area contributed by atoms with E-state index in [9.17, 15) is 17.6 Å². The molecule has 0 aliphatic rings. The number of rotatable bonds is 2. The molecule has 13 heavy (non-hydrogen) atoms. The predicted octanol–water partition coefficient (Wildman–Crippen LogP) is 2.02. The maximum absolute atomic E-state index is 12.8. The average molecular weight is 193 g/mol. The normalized spacial score (nSPS) is 11.8. The second kappa shape index (κ2) is 3.33. The van der Waals surface area contributed by atoms with Gasteiger partial charge in [0.1, 0.15) is 11.6 Å². The van der Waals surface area contributed by atoms with Gasteiger partial charge in [-0.1, -0.05) is 0 Å². The van der Waals surface area contributed by atoms with Gasteiger partial charge in [-0.05, 0) is 18.2 Å². The van der Waals surface area contributed by atoms with Gasteiger partial charge in [0.15, 0.2) is 0 Å². The minimum Gasteiger partial charge on any atom is -0.325 e. The fourth-order valence-electron chi connectivity index (χ4n) is 0.888. The maximum atomic E-state index is 12.8. The first-order valence-corrected chi connectivity index (χ1v) is 3.51. The van der Waals surface area contributed by atoms with Crippen LogP contribution in [0.2, 0.25) is 0 Å². The molecule has 5 heteroatoms. The van der Waals surface area contributed by atoms with E-state index >= 15 is 0 Å². The average Bonchev–Trinajstić information content (AvgIpc) is 2.09. The summed E-state index contributed by atoms with van der Waals surface area (Å²) in [5.41, 5.74) is 3.71. The molecule has 0 heterocycles. The van der Waals surface area contributed by atoms with Crippen LogP contribution in [-0.2, 0) is 5.92 Å². The lowest BCUT2D eigenvalue weighted by Gasteiger charge is -2.14. The molecule has 0 saturated carbocycles. The van der Waals surface area contributed by atoms with Crippen LogP contribution in [-0.4, -0.2) is 6.54 Å². The third-order valence-electron chi connectivity index (χ3n) is 1.58. The monoisotopic (exact) mass is 193 g/mol. The molecule has 0 unspecified atom stereocenters. The van der Waals surface area contributed by atoms with Gasteiger partial charge < -0.3 is 5.73 Å². The highest BCUT2D eigenvalue weighted by Gasteiger charge is 2.33. The fraction of sp³-hybridized carbons (Fsp3) is 0.250. The molecular weight excluding hydrogens is 186 g/mol. The van der Waals surface area contributed by atoms with Gasteiger partial charge in [-0.15, -0.1) is 0 Å². The summed E-state index contributed by atoms with van der Waals surface area (Å²) in [5, 5.41) is 0. The lowest BCUT2D eigenvalue weighted by atomic mass is 10.1. The van der Waals surface area contributed by atoms with Crippen LogP contribution in [0.25, 0.3) is 0 Å². The van der Waals surface area contributed by atoms with Crippen molar-refractivity contribution in [1.29, 1.82) is 0 Å². The van der Waals surface area contributed by atoms with Gasteiger partial charge in [0.25, 0.3) is 5.92 Å². The molecule has 0 saturated heterocycles. The van der Waals surface area contributed by atoms with Crippen LogP contribution in [0.15, 0.2) is 18.2 Å². The number of hydrogen-bond acceptors (Lipinski definition) is 1. The summed E-state index contributed by atoms with van der Waals surface area (Å²) in [6.07, 6.45) is 0. The van der Waals surface area contributed by atoms with Gasteiger partial charge in [-0.3, -0.25) is 0 Å². The van der Waals surface area contributed by atoms with Gasteiger partial charge >= 0.3 is 0 Å². The van der Waals surface area contributed by atoms with E-state index in [-0.39, 0.29) is 0 Å². The van der Waals surface area contributed by atoms with Crippen LogP contribution >= 0.6 is 0 Å². The first-order valence-electron chi connectivity index (χ1n) is 3.51. The minimum absolute atomic E-state index is 0.447. The highest BCUT2D eigenvalue weighted by atomic mass is 19.3. The standard InChI is InChI=1S/C8H7F4N/c9-5-1-2-7(10)6(3-5)8(11,12)4-13/h1-3H,4,13H2. The summed E-state index contributed by atoms with van der Waals surface area (Å²) in [5.74, 6) is -5.59. The smallest absolute Gasteiger partial charge is 0.288 e. The first kappa shape index (κ1) is 9.98. The van der Waals surface area contributed by atoms with Gasteiger partial charge in [0, 0.05) is 0 Å². The van der Waals surface area contributed by atoms with E-state index in [1.807, 2.05) is 0 Å². The lowest BCUT2D eigenvalue weighted by molar-refractivity contribution is 0.00206. The molecule has 0 radical (unpaired) electrons. The van der Waals surface area contributed by atoms with Crippen LogP contribution in [0.1, 0.15) is 5.56 Å². The maximum Gasteiger partial charge on any atom is 0.288 e. The van der Waals surface area contributed by atoms with E-state index < -0.39 is 29.7 Å². The van der Waals surface area contributed by atoms with Crippen molar-refractivity contribution in [3.8, 4) is 0 Å². The van der Waals surface area contributed by atoms with Crippen LogP contribution in [0.5, 0.6) is 0 Å². The minimum atomic E-state index is -3.52. The third-order valence-corrected chi connectivity index (χ3v) is 1.58. The highest BCUT2D eigenvalue weighted by molar-refractivity contribution is 5.23. The van der Waals surface area contributed by atoms with Gasteiger partial charge in [0.05, 0.1) is 12.1 Å². The molecule has 1 aromatic rings. The second-order valence-electron chi connectivity index (χ2n) is 2.53. The molecule has 0 aliphatic carbocycles. The van der Waals surface area contributed by atoms with Crippen LogP contribution in [0.4, 0.5) is 17.6 Å². The number of nitrogens with two attached hydrogens (primary N) is 1. The van der Waals surface area contributed by atoms with Crippen molar-refractivity contribution in [2.75, 3.05) is 6.54 Å². The zero-order valence-electron chi connectivity index (χ0n) is 6.53. The van der Waals surface area contributed by atoms with E-state index in [1.165, 1.54) is 0 Å². The molecule has 0 atom stereocenters. The quantitative estimate of drug-likeness (QED) is 0.714. The molecule has 0 spiro atoms. The second-order valence-corrected chi connectivity index (χ2v) is 2.53. The van der Waals surface area contributed by atoms with E-state index in [1.54, 1.807) is 0 Å². The Morgan fingerprint density at radius 1 is 1.23 bits per heavy atom.